The molecule has 0 saturated carbocycles. The van der Waals surface area contributed by atoms with Crippen molar-refractivity contribution in [3.05, 3.63) is 0 Å². The number of carbonyl (C=O) groups excluding carboxylic acids is 1. The molecule has 0 aromatic rings. The molecule has 1 aliphatic rings. The van der Waals surface area contributed by atoms with Crippen LogP contribution in [-0.2, 0) is 24.4 Å². The van der Waals surface area contributed by atoms with Crippen LogP contribution in [-0.4, -0.2) is 48.6 Å². The Bertz CT molecular complexity index is 502. The number of carbonyl (C=O) groups is 1. The fraction of sp³-hybridized carbons (Fsp3) is 0.833. The summed E-state index contributed by atoms with van der Waals surface area (Å²) in [6.07, 6.45) is 0.338. The molecule has 1 amide bonds. The van der Waals surface area contributed by atoms with Gasteiger partial charge >= 0.3 is 5.24 Å². The minimum absolute atomic E-state index is 0.0992. The molecular weight excluding hydrogens is 318 g/mol. The fourth-order valence-electron chi connectivity index (χ4n) is 2.28. The van der Waals surface area contributed by atoms with E-state index < -0.39 is 21.9 Å². The molecule has 2 N–H and O–H groups in total. The summed E-state index contributed by atoms with van der Waals surface area (Å²) < 4.78 is 41.1. The second kappa shape index (κ2) is 6.89. The van der Waals surface area contributed by atoms with Crippen LogP contribution in [0.1, 0.15) is 33.6 Å². The van der Waals surface area contributed by atoms with Crippen LogP contribution in [0, 0.1) is 5.41 Å². The lowest BCUT2D eigenvalue weighted by molar-refractivity contribution is -0.120. The van der Waals surface area contributed by atoms with Crippen LogP contribution >= 0.6 is 12.2 Å². The summed E-state index contributed by atoms with van der Waals surface area (Å²) in [6, 6.07) is -0.391. The van der Waals surface area contributed by atoms with Gasteiger partial charge in [-0.3, -0.25) is 9.35 Å². The van der Waals surface area contributed by atoms with Crippen molar-refractivity contribution in [2.24, 2.45) is 5.41 Å². The van der Waals surface area contributed by atoms with Crippen LogP contribution < -0.4 is 5.32 Å². The van der Waals surface area contributed by atoms with Crippen molar-refractivity contribution in [2.75, 3.05) is 12.4 Å². The van der Waals surface area contributed by atoms with Crippen LogP contribution in [0.15, 0.2) is 0 Å². The van der Waals surface area contributed by atoms with Crippen molar-refractivity contribution in [1.82, 2.24) is 5.32 Å². The third-order valence-corrected chi connectivity index (χ3v) is 4.33. The van der Waals surface area contributed by atoms with Gasteiger partial charge in [0.25, 0.3) is 10.1 Å². The topological polar surface area (TPSA) is 102 Å². The summed E-state index contributed by atoms with van der Waals surface area (Å²) in [5, 5.41) is 2.80. The molecule has 1 rings (SSSR count). The largest absolute Gasteiger partial charge is 0.453 e. The minimum Gasteiger partial charge on any atom is -0.453 e. The maximum Gasteiger partial charge on any atom is 0.352 e. The Morgan fingerprint density at radius 2 is 2.19 bits per heavy atom. The van der Waals surface area contributed by atoms with Crippen molar-refractivity contribution < 1.29 is 27.2 Å². The predicted octanol–water partition coefficient (Wildman–Crippen LogP) is 0.886. The molecule has 1 heterocycles. The lowest BCUT2D eigenvalue weighted by Gasteiger charge is -2.33. The highest BCUT2D eigenvalue weighted by Crippen LogP contribution is 2.33. The molecule has 1 saturated heterocycles. The van der Waals surface area contributed by atoms with E-state index in [1.54, 1.807) is 0 Å². The number of ether oxygens (including phenoxy) is 2. The van der Waals surface area contributed by atoms with Gasteiger partial charge in [0.1, 0.15) is 12.7 Å². The molecule has 0 bridgehead atoms. The zero-order valence-corrected chi connectivity index (χ0v) is 13.9. The van der Waals surface area contributed by atoms with E-state index in [4.69, 9.17) is 26.2 Å². The summed E-state index contributed by atoms with van der Waals surface area (Å²) in [5.41, 5.74) is -0.382. The second-order valence-corrected chi connectivity index (χ2v) is 7.74. The first-order valence-corrected chi connectivity index (χ1v) is 8.57. The van der Waals surface area contributed by atoms with Gasteiger partial charge in [-0.15, -0.1) is 0 Å². The van der Waals surface area contributed by atoms with Gasteiger partial charge in [0.2, 0.25) is 5.91 Å². The van der Waals surface area contributed by atoms with Gasteiger partial charge < -0.3 is 14.8 Å². The monoisotopic (exact) mass is 339 g/mol. The Hall–Kier alpha value is -0.930. The molecule has 2 atom stereocenters. The smallest absolute Gasteiger partial charge is 0.352 e. The predicted molar refractivity (Wildman–Crippen MR) is 80.5 cm³/mol. The number of amides is 1. The Labute approximate surface area is 130 Å². The lowest BCUT2D eigenvalue weighted by Crippen LogP contribution is -2.42. The standard InChI is InChI=1S/C12H21NO6S2/c1-8(14)13-9(4-5-21(15,16)17)6-12(2,3)10-7-18-11(20)19-10/h9-10H,4-7H2,1-3H3,(H,13,14)(H,15,16,17)/t9?,10-/m0/s1. The van der Waals surface area contributed by atoms with Crippen molar-refractivity contribution in [2.45, 2.75) is 45.8 Å². The molecule has 9 heteroatoms. The maximum absolute atomic E-state index is 11.2. The highest BCUT2D eigenvalue weighted by molar-refractivity contribution is 7.85. The van der Waals surface area contributed by atoms with Gasteiger partial charge in [0.15, 0.2) is 0 Å². The zero-order chi connectivity index (χ0) is 16.3. The first-order chi connectivity index (χ1) is 9.49. The molecule has 0 radical (unpaired) electrons. The lowest BCUT2D eigenvalue weighted by atomic mass is 9.80. The molecule has 1 aliphatic heterocycles. The van der Waals surface area contributed by atoms with Crippen LogP contribution in [0.5, 0.6) is 0 Å². The number of thiocarbonyl (C=S) groups is 1. The molecule has 0 aromatic carbocycles. The summed E-state index contributed by atoms with van der Waals surface area (Å²) in [6.45, 7) is 5.54. The van der Waals surface area contributed by atoms with Crippen molar-refractivity contribution in [3.63, 3.8) is 0 Å². The summed E-state index contributed by atoms with van der Waals surface area (Å²) in [7, 11) is -4.07. The molecule has 0 aromatic heterocycles. The highest BCUT2D eigenvalue weighted by Gasteiger charge is 2.39. The second-order valence-electron chi connectivity index (χ2n) is 5.83. The number of nitrogens with one attached hydrogen (secondary N) is 1. The first kappa shape index (κ1) is 18.1. The normalized spacial score (nSPS) is 20.6. The van der Waals surface area contributed by atoms with Crippen molar-refractivity contribution in [3.8, 4) is 0 Å². The number of hydrogen-bond donors (Lipinski definition) is 2. The van der Waals surface area contributed by atoms with Crippen molar-refractivity contribution >= 4 is 33.5 Å². The van der Waals surface area contributed by atoms with Crippen LogP contribution in [0.3, 0.4) is 0 Å². The number of hydrogen-bond acceptors (Lipinski definition) is 6. The Morgan fingerprint density at radius 3 is 2.62 bits per heavy atom. The van der Waals surface area contributed by atoms with Gasteiger partial charge in [0.05, 0.1) is 5.75 Å². The maximum atomic E-state index is 11.2. The molecule has 21 heavy (non-hydrogen) atoms. The van der Waals surface area contributed by atoms with Gasteiger partial charge in [-0.05, 0) is 12.8 Å². The SMILES string of the molecule is CC(=O)NC(CCS(=O)(=O)O)CC(C)(C)[C@@H]1COC(=S)O1. The van der Waals surface area contributed by atoms with E-state index in [9.17, 15) is 13.2 Å². The van der Waals surface area contributed by atoms with E-state index in [0.29, 0.717) is 13.0 Å². The van der Waals surface area contributed by atoms with E-state index in [1.165, 1.54) is 6.92 Å². The third-order valence-electron chi connectivity index (χ3n) is 3.37. The molecule has 122 valence electrons. The van der Waals surface area contributed by atoms with E-state index in [1.807, 2.05) is 13.8 Å². The van der Waals surface area contributed by atoms with Gasteiger partial charge in [-0.2, -0.15) is 8.42 Å². The Kier molecular flexibility index (Phi) is 5.94. The fourth-order valence-corrected chi connectivity index (χ4v) is 3.05. The van der Waals surface area contributed by atoms with Gasteiger partial charge in [-0.25, -0.2) is 0 Å². The van der Waals surface area contributed by atoms with Crippen LogP contribution in [0.4, 0.5) is 0 Å². The average molecular weight is 339 g/mol. The average Bonchev–Trinajstić information content (AvgIpc) is 2.71. The molecule has 0 aliphatic carbocycles. The molecular formula is C12H21NO6S2. The van der Waals surface area contributed by atoms with E-state index in [2.05, 4.69) is 5.32 Å². The molecule has 1 fully saturated rings. The number of rotatable bonds is 7. The molecule has 1 unspecified atom stereocenters. The van der Waals surface area contributed by atoms with E-state index >= 15 is 0 Å². The van der Waals surface area contributed by atoms with E-state index in [-0.39, 0.29) is 29.1 Å². The Balaban J connectivity index is 2.69. The first-order valence-electron chi connectivity index (χ1n) is 6.55. The summed E-state index contributed by atoms with van der Waals surface area (Å²) >= 11 is 4.82. The third kappa shape index (κ3) is 6.58. The zero-order valence-electron chi connectivity index (χ0n) is 12.3. The van der Waals surface area contributed by atoms with Crippen LogP contribution in [0.2, 0.25) is 0 Å². The highest BCUT2D eigenvalue weighted by atomic mass is 32.2. The van der Waals surface area contributed by atoms with Crippen LogP contribution in [0.25, 0.3) is 0 Å². The minimum atomic E-state index is -4.07. The van der Waals surface area contributed by atoms with Crippen molar-refractivity contribution in [1.29, 1.82) is 0 Å². The van der Waals surface area contributed by atoms with Gasteiger partial charge in [-0.1, -0.05) is 13.8 Å². The van der Waals surface area contributed by atoms with Gasteiger partial charge in [0, 0.05) is 30.6 Å². The quantitative estimate of drug-likeness (QED) is 0.524. The molecule has 7 nitrogen and oxygen atoms in total. The Morgan fingerprint density at radius 1 is 1.57 bits per heavy atom. The molecule has 0 spiro atoms. The summed E-state index contributed by atoms with van der Waals surface area (Å²) in [5.74, 6) is -0.667. The summed E-state index contributed by atoms with van der Waals surface area (Å²) in [4.78, 5) is 11.2. The van der Waals surface area contributed by atoms with E-state index in [0.717, 1.165) is 0 Å².